The van der Waals surface area contributed by atoms with E-state index in [0.717, 1.165) is 28.7 Å². The van der Waals surface area contributed by atoms with Gasteiger partial charge in [-0.05, 0) is 59.0 Å². The summed E-state index contributed by atoms with van der Waals surface area (Å²) >= 11 is 0. The molecule has 2 atom stereocenters. The van der Waals surface area contributed by atoms with E-state index in [1.54, 1.807) is 24.3 Å². The Morgan fingerprint density at radius 1 is 1.13 bits per heavy atom. The zero-order valence-electron chi connectivity index (χ0n) is 20.1. The van der Waals surface area contributed by atoms with Crippen molar-refractivity contribution in [1.29, 1.82) is 0 Å². The molecule has 1 aromatic heterocycles. The number of alkyl halides is 2. The lowest BCUT2D eigenvalue weighted by molar-refractivity contribution is -0.241. The summed E-state index contributed by atoms with van der Waals surface area (Å²) in [6.45, 7) is -0.919. The number of ether oxygens (including phenoxy) is 2. The number of hydrogen-bond acceptors (Lipinski definition) is 8. The Hall–Kier alpha value is -3.13. The molecule has 2 fully saturated rings. The molecule has 2 aliphatic rings. The summed E-state index contributed by atoms with van der Waals surface area (Å²) in [5.41, 5.74) is -4.34. The highest BCUT2D eigenvalue weighted by Gasteiger charge is 2.62. The number of tetrazole rings is 1. The van der Waals surface area contributed by atoms with Gasteiger partial charge in [-0.15, -0.1) is 5.10 Å². The van der Waals surface area contributed by atoms with Crippen LogP contribution >= 0.6 is 0 Å². The summed E-state index contributed by atoms with van der Waals surface area (Å²) in [4.78, 5) is 0. The van der Waals surface area contributed by atoms with Crippen molar-refractivity contribution in [2.75, 3.05) is 19.8 Å². The molecule has 3 aromatic rings. The molecular weight excluding hydrogens is 512 g/mol. The predicted molar refractivity (Wildman–Crippen MR) is 122 cm³/mol. The molecule has 0 spiro atoms. The summed E-state index contributed by atoms with van der Waals surface area (Å²) in [6.07, 6.45) is -0.0717. The Balaban J connectivity index is 1.27. The predicted octanol–water partition coefficient (Wildman–Crippen LogP) is 2.17. The normalized spacial score (nSPS) is 23.1. The Bertz CT molecular complexity index is 1250. The monoisotopic (exact) mass is 538 g/mol. The maximum atomic E-state index is 15.9. The number of rotatable bonds is 10. The first kappa shape index (κ1) is 26.5. The number of aliphatic hydroxyl groups is 3. The third-order valence-electron chi connectivity index (χ3n) is 7.44. The van der Waals surface area contributed by atoms with Gasteiger partial charge in [-0.3, -0.25) is 0 Å². The lowest BCUT2D eigenvalue weighted by Crippen LogP contribution is -2.59. The topological polar surface area (TPSA) is 123 Å². The number of aliphatic hydroxyl groups excluding tert-OH is 1. The largest absolute Gasteiger partial charge is 0.491 e. The molecule has 2 heterocycles. The first-order valence-corrected chi connectivity index (χ1v) is 12.0. The molecule has 1 saturated carbocycles. The zero-order chi connectivity index (χ0) is 27.1. The van der Waals surface area contributed by atoms with Gasteiger partial charge in [-0.1, -0.05) is 12.1 Å². The minimum Gasteiger partial charge on any atom is -0.491 e. The van der Waals surface area contributed by atoms with E-state index in [-0.39, 0.29) is 38.6 Å². The Kier molecular flexibility index (Phi) is 6.88. The number of hydrogen-bond donors (Lipinski definition) is 3. The Labute approximate surface area is 214 Å². The van der Waals surface area contributed by atoms with Gasteiger partial charge in [0.15, 0.2) is 5.60 Å². The highest BCUT2D eigenvalue weighted by molar-refractivity contribution is 5.33. The summed E-state index contributed by atoms with van der Waals surface area (Å²) in [5, 5.41) is 41.7. The van der Waals surface area contributed by atoms with Crippen LogP contribution in [0.25, 0.3) is 0 Å². The molecule has 204 valence electrons. The van der Waals surface area contributed by atoms with Crippen LogP contribution in [0.15, 0.2) is 48.8 Å². The van der Waals surface area contributed by atoms with Gasteiger partial charge in [-0.25, -0.2) is 22.2 Å². The number of nitrogens with zero attached hydrogens (tertiary/aromatic N) is 4. The summed E-state index contributed by atoms with van der Waals surface area (Å²) in [6, 6.07) is 8.77. The van der Waals surface area contributed by atoms with E-state index in [1.807, 2.05) is 0 Å². The Morgan fingerprint density at radius 3 is 2.42 bits per heavy atom. The van der Waals surface area contributed by atoms with Gasteiger partial charge in [0.05, 0.1) is 19.8 Å². The molecule has 13 heteroatoms. The molecule has 5 rings (SSSR count). The number of benzene rings is 2. The second kappa shape index (κ2) is 9.88. The minimum atomic E-state index is -3.81. The zero-order valence-corrected chi connectivity index (χ0v) is 20.1. The molecule has 3 N–H and O–H groups in total. The summed E-state index contributed by atoms with van der Waals surface area (Å²) in [5.74, 6) is -7.17. The molecule has 2 aromatic carbocycles. The van der Waals surface area contributed by atoms with Crippen LogP contribution in [0.4, 0.5) is 17.6 Å². The maximum absolute atomic E-state index is 15.9. The molecule has 0 bridgehead atoms. The quantitative estimate of drug-likeness (QED) is 0.336. The minimum absolute atomic E-state index is 0.0136. The highest BCUT2D eigenvalue weighted by Crippen LogP contribution is 2.55. The van der Waals surface area contributed by atoms with Crippen molar-refractivity contribution in [3.63, 3.8) is 0 Å². The van der Waals surface area contributed by atoms with Crippen molar-refractivity contribution in [2.45, 2.75) is 48.5 Å². The third kappa shape index (κ3) is 4.75. The first-order chi connectivity index (χ1) is 18.0. The molecule has 0 radical (unpaired) electrons. The van der Waals surface area contributed by atoms with Crippen molar-refractivity contribution < 1.29 is 42.4 Å². The average Bonchev–Trinajstić information content (AvgIpc) is 3.33. The Morgan fingerprint density at radius 2 is 1.84 bits per heavy atom. The van der Waals surface area contributed by atoms with Crippen LogP contribution in [0.5, 0.6) is 5.75 Å². The fourth-order valence-corrected chi connectivity index (χ4v) is 4.88. The fraction of sp³-hybridized carbons (Fsp3) is 0.480. The molecule has 1 aliphatic carbocycles. The summed E-state index contributed by atoms with van der Waals surface area (Å²) < 4.78 is 71.2. The number of aromatic nitrogens is 4. The van der Waals surface area contributed by atoms with E-state index in [0.29, 0.717) is 11.8 Å². The molecule has 1 aliphatic heterocycles. The second-order valence-electron chi connectivity index (χ2n) is 9.97. The average molecular weight is 538 g/mol. The van der Waals surface area contributed by atoms with Gasteiger partial charge in [0.25, 0.3) is 5.92 Å². The van der Waals surface area contributed by atoms with Crippen molar-refractivity contribution in [3.05, 3.63) is 71.6 Å². The first-order valence-electron chi connectivity index (χ1n) is 12.0. The lowest BCUT2D eigenvalue weighted by atomic mass is 9.64. The van der Waals surface area contributed by atoms with Gasteiger partial charge < -0.3 is 24.8 Å². The van der Waals surface area contributed by atoms with Crippen LogP contribution in [0.1, 0.15) is 29.9 Å². The molecule has 0 amide bonds. The van der Waals surface area contributed by atoms with E-state index < -0.39 is 52.9 Å². The molecule has 38 heavy (non-hydrogen) atoms. The van der Waals surface area contributed by atoms with Crippen LogP contribution in [0, 0.1) is 17.6 Å². The summed E-state index contributed by atoms with van der Waals surface area (Å²) in [7, 11) is 0. The van der Waals surface area contributed by atoms with Crippen molar-refractivity contribution in [3.8, 4) is 5.75 Å². The van der Waals surface area contributed by atoms with Crippen LogP contribution < -0.4 is 4.74 Å². The van der Waals surface area contributed by atoms with Crippen LogP contribution in [0.3, 0.4) is 0 Å². The van der Waals surface area contributed by atoms with Gasteiger partial charge in [0.1, 0.15) is 42.0 Å². The molecule has 2 unspecified atom stereocenters. The lowest BCUT2D eigenvalue weighted by Gasteiger charge is -2.47. The third-order valence-corrected chi connectivity index (χ3v) is 7.44. The maximum Gasteiger partial charge on any atom is 0.285 e. The molecular formula is C25H26F4N4O5. The molecule has 9 nitrogen and oxygen atoms in total. The second-order valence-corrected chi connectivity index (χ2v) is 9.97. The van der Waals surface area contributed by atoms with Gasteiger partial charge in [0, 0.05) is 17.5 Å². The van der Waals surface area contributed by atoms with Gasteiger partial charge >= 0.3 is 0 Å². The van der Waals surface area contributed by atoms with Crippen LogP contribution in [-0.4, -0.2) is 73.0 Å². The van der Waals surface area contributed by atoms with Crippen molar-refractivity contribution >= 4 is 0 Å². The van der Waals surface area contributed by atoms with E-state index in [1.165, 1.54) is 0 Å². The van der Waals surface area contributed by atoms with E-state index in [9.17, 15) is 24.1 Å². The van der Waals surface area contributed by atoms with E-state index in [2.05, 4.69) is 15.5 Å². The fourth-order valence-electron chi connectivity index (χ4n) is 4.88. The van der Waals surface area contributed by atoms with Crippen LogP contribution in [-0.2, 0) is 16.9 Å². The van der Waals surface area contributed by atoms with Crippen molar-refractivity contribution in [2.24, 2.45) is 5.92 Å². The van der Waals surface area contributed by atoms with E-state index >= 15 is 8.78 Å². The highest BCUT2D eigenvalue weighted by atomic mass is 19.3. The molecule has 1 saturated heterocycles. The van der Waals surface area contributed by atoms with Gasteiger partial charge in [-0.2, -0.15) is 0 Å². The number of halogens is 4. The van der Waals surface area contributed by atoms with Crippen LogP contribution in [0.2, 0.25) is 0 Å². The van der Waals surface area contributed by atoms with Gasteiger partial charge in [0.2, 0.25) is 0 Å². The SMILES string of the molecule is OC(COc1ccc(C2CC(C(F)(F)C(O)(Cn3cnnn3)c3ccc(F)cc3F)C2)cc1)C1(O)COC1. The van der Waals surface area contributed by atoms with Crippen molar-refractivity contribution in [1.82, 2.24) is 20.2 Å². The standard InChI is InChI=1S/C25H26F4N4O5/c26-18-3-6-20(21(27)9-18)24(36,11-33-14-30-31-32-33)25(28,29)17-7-16(8-17)15-1-4-19(5-2-15)38-10-22(34)23(35)12-37-13-23/h1-6,9,14,16-17,22,34-36H,7-8,10-13H2. The smallest absolute Gasteiger partial charge is 0.285 e. The van der Waals surface area contributed by atoms with E-state index in [4.69, 9.17) is 9.47 Å².